The molecule has 0 radical (unpaired) electrons. The minimum Gasteiger partial charge on any atom is -0.378 e. The lowest BCUT2D eigenvalue weighted by molar-refractivity contribution is 0.122. The number of hydrogen-bond donors (Lipinski definition) is 2. The van der Waals surface area contributed by atoms with Crippen LogP contribution >= 0.6 is 24.0 Å². The number of nitrogens with one attached hydrogen (secondary N) is 2. The number of aromatic nitrogens is 1. The maximum atomic E-state index is 5.42. The molecule has 1 aromatic heterocycles. The SMILES string of the molecule is CN=C(NCc1cccnc1N1CCOCC1)NCC(C)C.I. The molecule has 0 aromatic carbocycles. The third-order valence-corrected chi connectivity index (χ3v) is 3.53. The summed E-state index contributed by atoms with van der Waals surface area (Å²) in [6, 6.07) is 4.09. The van der Waals surface area contributed by atoms with E-state index in [1.165, 1.54) is 5.56 Å². The van der Waals surface area contributed by atoms with Crippen LogP contribution in [0.2, 0.25) is 0 Å². The van der Waals surface area contributed by atoms with E-state index in [1.54, 1.807) is 7.05 Å². The van der Waals surface area contributed by atoms with Gasteiger partial charge in [-0.3, -0.25) is 4.99 Å². The van der Waals surface area contributed by atoms with E-state index in [1.807, 2.05) is 12.3 Å². The number of rotatable bonds is 5. The molecule has 0 unspecified atom stereocenters. The zero-order valence-electron chi connectivity index (χ0n) is 14.2. The first kappa shape index (κ1) is 20.0. The average molecular weight is 433 g/mol. The molecule has 2 N–H and O–H groups in total. The van der Waals surface area contributed by atoms with Crippen LogP contribution in [0.3, 0.4) is 0 Å². The van der Waals surface area contributed by atoms with Crippen molar-refractivity contribution in [3.8, 4) is 0 Å². The summed E-state index contributed by atoms with van der Waals surface area (Å²) in [5, 5.41) is 6.68. The number of nitrogens with zero attached hydrogens (tertiary/aromatic N) is 3. The highest BCUT2D eigenvalue weighted by Crippen LogP contribution is 2.18. The van der Waals surface area contributed by atoms with E-state index in [2.05, 4.69) is 45.4 Å². The van der Waals surface area contributed by atoms with E-state index in [9.17, 15) is 0 Å². The van der Waals surface area contributed by atoms with E-state index in [0.717, 1.165) is 44.6 Å². The molecular formula is C16H28IN5O. The third kappa shape index (κ3) is 6.50. The van der Waals surface area contributed by atoms with Crippen LogP contribution in [-0.4, -0.2) is 50.8 Å². The Morgan fingerprint density at radius 3 is 2.74 bits per heavy atom. The summed E-state index contributed by atoms with van der Waals surface area (Å²) in [7, 11) is 1.79. The molecule has 0 atom stereocenters. The van der Waals surface area contributed by atoms with Crippen molar-refractivity contribution < 1.29 is 4.74 Å². The van der Waals surface area contributed by atoms with Gasteiger partial charge >= 0.3 is 0 Å². The molecule has 0 spiro atoms. The highest BCUT2D eigenvalue weighted by atomic mass is 127. The van der Waals surface area contributed by atoms with E-state index < -0.39 is 0 Å². The van der Waals surface area contributed by atoms with E-state index in [0.29, 0.717) is 12.5 Å². The first-order valence-electron chi connectivity index (χ1n) is 7.91. The molecule has 2 rings (SSSR count). The molecule has 0 aliphatic carbocycles. The number of guanidine groups is 1. The highest BCUT2D eigenvalue weighted by molar-refractivity contribution is 14.0. The van der Waals surface area contributed by atoms with Gasteiger partial charge < -0.3 is 20.3 Å². The van der Waals surface area contributed by atoms with Gasteiger partial charge in [0.2, 0.25) is 0 Å². The van der Waals surface area contributed by atoms with Gasteiger partial charge in [-0.2, -0.15) is 0 Å². The summed E-state index contributed by atoms with van der Waals surface area (Å²) in [5.74, 6) is 2.45. The minimum atomic E-state index is 0. The van der Waals surface area contributed by atoms with Crippen molar-refractivity contribution in [2.45, 2.75) is 20.4 Å². The molecule has 1 aliphatic heterocycles. The van der Waals surface area contributed by atoms with Crippen LogP contribution in [0.15, 0.2) is 23.3 Å². The number of ether oxygens (including phenoxy) is 1. The number of pyridine rings is 1. The first-order chi connectivity index (χ1) is 10.7. The lowest BCUT2D eigenvalue weighted by Gasteiger charge is -2.29. The second kappa shape index (κ2) is 10.6. The monoisotopic (exact) mass is 433 g/mol. The third-order valence-electron chi connectivity index (χ3n) is 3.53. The smallest absolute Gasteiger partial charge is 0.191 e. The lowest BCUT2D eigenvalue weighted by Crippen LogP contribution is -2.40. The van der Waals surface area contributed by atoms with Crippen LogP contribution in [0, 0.1) is 5.92 Å². The Hall–Kier alpha value is -1.09. The van der Waals surface area contributed by atoms with Crippen LogP contribution in [0.4, 0.5) is 5.82 Å². The Bertz CT molecular complexity index is 489. The molecular weight excluding hydrogens is 405 g/mol. The molecule has 0 amide bonds. The Labute approximate surface area is 156 Å². The molecule has 0 bridgehead atoms. The fraction of sp³-hybridized carbons (Fsp3) is 0.625. The zero-order valence-corrected chi connectivity index (χ0v) is 16.5. The van der Waals surface area contributed by atoms with Gasteiger partial charge in [0.25, 0.3) is 0 Å². The fourth-order valence-corrected chi connectivity index (χ4v) is 2.33. The first-order valence-corrected chi connectivity index (χ1v) is 7.91. The summed E-state index contributed by atoms with van der Waals surface area (Å²) in [6.07, 6.45) is 1.85. The molecule has 6 nitrogen and oxygen atoms in total. The molecule has 2 heterocycles. The topological polar surface area (TPSA) is 61.8 Å². The van der Waals surface area contributed by atoms with Crippen LogP contribution in [0.25, 0.3) is 0 Å². The normalized spacial score (nSPS) is 15.3. The van der Waals surface area contributed by atoms with Crippen LogP contribution in [0.5, 0.6) is 0 Å². The summed E-state index contributed by atoms with van der Waals surface area (Å²) in [5.41, 5.74) is 1.18. The van der Waals surface area contributed by atoms with Gasteiger partial charge in [-0.25, -0.2) is 4.98 Å². The second-order valence-corrected chi connectivity index (χ2v) is 5.79. The van der Waals surface area contributed by atoms with Crippen molar-refractivity contribution in [3.05, 3.63) is 23.9 Å². The number of aliphatic imine (C=N–C) groups is 1. The number of hydrogen-bond acceptors (Lipinski definition) is 4. The zero-order chi connectivity index (χ0) is 15.8. The van der Waals surface area contributed by atoms with Crippen LogP contribution < -0.4 is 15.5 Å². The van der Waals surface area contributed by atoms with Crippen LogP contribution in [0.1, 0.15) is 19.4 Å². The highest BCUT2D eigenvalue weighted by Gasteiger charge is 2.15. The maximum Gasteiger partial charge on any atom is 0.191 e. The molecule has 1 saturated heterocycles. The van der Waals surface area contributed by atoms with Gasteiger partial charge in [-0.1, -0.05) is 19.9 Å². The van der Waals surface area contributed by atoms with Crippen molar-refractivity contribution >= 4 is 35.8 Å². The minimum absolute atomic E-state index is 0. The van der Waals surface area contributed by atoms with E-state index in [-0.39, 0.29) is 24.0 Å². The summed E-state index contributed by atoms with van der Waals surface area (Å²) >= 11 is 0. The summed E-state index contributed by atoms with van der Waals surface area (Å²) < 4.78 is 5.42. The Morgan fingerprint density at radius 1 is 1.35 bits per heavy atom. The predicted octanol–water partition coefficient (Wildman–Crippen LogP) is 1.86. The standard InChI is InChI=1S/C16H27N5O.HI/c1-13(2)11-19-16(17-3)20-12-14-5-4-6-18-15(14)21-7-9-22-10-8-21;/h4-6,13H,7-12H2,1-3H3,(H2,17,19,20);1H. The average Bonchev–Trinajstić information content (AvgIpc) is 2.56. The number of anilines is 1. The molecule has 1 aliphatic rings. The molecule has 7 heteroatoms. The fourth-order valence-electron chi connectivity index (χ4n) is 2.33. The Kier molecular flexibility index (Phi) is 9.23. The van der Waals surface area contributed by atoms with Crippen molar-refractivity contribution in [3.63, 3.8) is 0 Å². The van der Waals surface area contributed by atoms with Gasteiger partial charge in [-0.15, -0.1) is 24.0 Å². The van der Waals surface area contributed by atoms with Gasteiger partial charge in [-0.05, 0) is 12.0 Å². The largest absolute Gasteiger partial charge is 0.378 e. The van der Waals surface area contributed by atoms with Gasteiger partial charge in [0.1, 0.15) is 5.82 Å². The van der Waals surface area contributed by atoms with E-state index >= 15 is 0 Å². The van der Waals surface area contributed by atoms with Crippen molar-refractivity contribution in [1.82, 2.24) is 15.6 Å². The summed E-state index contributed by atoms with van der Waals surface area (Å²) in [4.78, 5) is 11.1. The predicted molar refractivity (Wildman–Crippen MR) is 106 cm³/mol. The quantitative estimate of drug-likeness (QED) is 0.422. The molecule has 23 heavy (non-hydrogen) atoms. The van der Waals surface area contributed by atoms with E-state index in [4.69, 9.17) is 4.74 Å². The van der Waals surface area contributed by atoms with Crippen molar-refractivity contribution in [1.29, 1.82) is 0 Å². The summed E-state index contributed by atoms with van der Waals surface area (Å²) in [6.45, 7) is 9.29. The van der Waals surface area contributed by atoms with Gasteiger partial charge in [0.15, 0.2) is 5.96 Å². The van der Waals surface area contributed by atoms with Gasteiger partial charge in [0.05, 0.1) is 13.2 Å². The molecule has 1 fully saturated rings. The lowest BCUT2D eigenvalue weighted by atomic mass is 10.2. The van der Waals surface area contributed by atoms with Crippen molar-refractivity contribution in [2.75, 3.05) is 44.8 Å². The van der Waals surface area contributed by atoms with Gasteiger partial charge in [0, 0.05) is 45.0 Å². The molecule has 1 aromatic rings. The second-order valence-electron chi connectivity index (χ2n) is 5.79. The maximum absolute atomic E-state index is 5.42. The number of halogens is 1. The van der Waals surface area contributed by atoms with Crippen molar-refractivity contribution in [2.24, 2.45) is 10.9 Å². The van der Waals surface area contributed by atoms with Crippen LogP contribution in [-0.2, 0) is 11.3 Å². The molecule has 0 saturated carbocycles. The Balaban J connectivity index is 0.00000264. The molecule has 130 valence electrons. The Morgan fingerprint density at radius 2 is 2.09 bits per heavy atom. The number of morpholine rings is 1.